The summed E-state index contributed by atoms with van der Waals surface area (Å²) in [6.07, 6.45) is 3.32. The summed E-state index contributed by atoms with van der Waals surface area (Å²) in [5, 5.41) is 4.41. The molecule has 218 valence electrons. The van der Waals surface area contributed by atoms with Crippen LogP contribution in [0, 0.1) is 0 Å². The fraction of sp³-hybridized carbons (Fsp3) is 0.188. The Morgan fingerprint density at radius 1 is 0.907 bits per heavy atom. The minimum atomic E-state index is -0.333. The lowest BCUT2D eigenvalue weighted by Gasteiger charge is -2.34. The number of carbonyl (C=O) groups excluding carboxylic acids is 2. The second-order valence-corrected chi connectivity index (χ2v) is 11.1. The van der Waals surface area contributed by atoms with Crippen molar-refractivity contribution in [1.82, 2.24) is 24.3 Å². The molecule has 0 atom stereocenters. The van der Waals surface area contributed by atoms with Gasteiger partial charge in [-0.25, -0.2) is 4.98 Å². The van der Waals surface area contributed by atoms with Gasteiger partial charge in [0.1, 0.15) is 11.4 Å². The summed E-state index contributed by atoms with van der Waals surface area (Å²) >= 11 is 12.0. The molecule has 0 aliphatic carbocycles. The number of pyridine rings is 2. The molecule has 0 bridgehead atoms. The van der Waals surface area contributed by atoms with Gasteiger partial charge in [0.05, 0.1) is 33.1 Å². The van der Waals surface area contributed by atoms with Gasteiger partial charge in [-0.15, -0.1) is 0 Å². The van der Waals surface area contributed by atoms with Crippen LogP contribution in [-0.2, 0) is 13.6 Å². The Morgan fingerprint density at radius 3 is 2.47 bits per heavy atom. The number of carbonyl (C=O) groups is 2. The molecule has 43 heavy (non-hydrogen) atoms. The molecule has 1 N–H and O–H groups in total. The molecule has 0 unspecified atom stereocenters. The number of nitrogens with zero attached hydrogens (tertiary/aromatic N) is 5. The minimum absolute atomic E-state index is 0.0128. The molecule has 1 aliphatic rings. The molecule has 1 fully saturated rings. The largest absolute Gasteiger partial charge is 0.439 e. The van der Waals surface area contributed by atoms with Crippen LogP contribution in [0.2, 0.25) is 10.0 Å². The summed E-state index contributed by atoms with van der Waals surface area (Å²) in [4.78, 5) is 39.0. The van der Waals surface area contributed by atoms with E-state index in [0.29, 0.717) is 51.7 Å². The van der Waals surface area contributed by atoms with Crippen LogP contribution in [0.4, 0.5) is 5.69 Å². The van der Waals surface area contributed by atoms with Crippen LogP contribution in [-0.4, -0.2) is 62.3 Å². The molecule has 3 aromatic heterocycles. The second-order valence-electron chi connectivity index (χ2n) is 10.3. The Kier molecular flexibility index (Phi) is 8.29. The number of nitrogens with one attached hydrogen (secondary N) is 1. The molecule has 11 heteroatoms. The number of benzene rings is 2. The number of rotatable bonds is 7. The first kappa shape index (κ1) is 28.7. The van der Waals surface area contributed by atoms with E-state index in [1.54, 1.807) is 30.5 Å². The number of hydrogen-bond acceptors (Lipinski definition) is 6. The van der Waals surface area contributed by atoms with Gasteiger partial charge >= 0.3 is 0 Å². The summed E-state index contributed by atoms with van der Waals surface area (Å²) in [7, 11) is 1.89. The third kappa shape index (κ3) is 6.49. The quantitative estimate of drug-likeness (QED) is 0.232. The highest BCUT2D eigenvalue weighted by Gasteiger charge is 2.25. The van der Waals surface area contributed by atoms with E-state index in [2.05, 4.69) is 20.2 Å². The Labute approximate surface area is 258 Å². The molecule has 0 spiro atoms. The number of amides is 2. The van der Waals surface area contributed by atoms with Crippen molar-refractivity contribution in [2.75, 3.05) is 31.5 Å². The number of aryl methyl sites for hydroxylation is 1. The first-order chi connectivity index (χ1) is 20.8. The van der Waals surface area contributed by atoms with Crippen LogP contribution in [0.25, 0.3) is 10.9 Å². The Balaban J connectivity index is 1.08. The molecule has 9 nitrogen and oxygen atoms in total. The fourth-order valence-corrected chi connectivity index (χ4v) is 5.34. The number of halogens is 2. The van der Waals surface area contributed by atoms with Crippen molar-refractivity contribution in [2.24, 2.45) is 7.05 Å². The summed E-state index contributed by atoms with van der Waals surface area (Å²) in [6, 6.07) is 21.6. The lowest BCUT2D eigenvalue weighted by atomic mass is 10.2. The number of piperazine rings is 1. The van der Waals surface area contributed by atoms with Crippen molar-refractivity contribution in [3.05, 3.63) is 112 Å². The molecule has 5 aromatic rings. The predicted octanol–water partition coefficient (Wildman–Crippen LogP) is 6.28. The minimum Gasteiger partial charge on any atom is -0.439 e. The van der Waals surface area contributed by atoms with Crippen molar-refractivity contribution >= 4 is 51.6 Å². The number of fused-ring (bicyclic) bond motifs is 1. The van der Waals surface area contributed by atoms with E-state index in [0.717, 1.165) is 36.2 Å². The highest BCUT2D eigenvalue weighted by atomic mass is 35.5. The molecule has 6 rings (SSSR count). The van der Waals surface area contributed by atoms with Gasteiger partial charge in [0.2, 0.25) is 5.88 Å². The average Bonchev–Trinajstić information content (AvgIpc) is 3.35. The van der Waals surface area contributed by atoms with E-state index in [1.807, 2.05) is 59.0 Å². The van der Waals surface area contributed by atoms with Crippen LogP contribution >= 0.6 is 23.2 Å². The Bertz CT molecular complexity index is 1780. The first-order valence-electron chi connectivity index (χ1n) is 13.8. The maximum Gasteiger partial charge on any atom is 0.270 e. The third-order valence-electron chi connectivity index (χ3n) is 7.41. The van der Waals surface area contributed by atoms with Gasteiger partial charge in [-0.05, 0) is 54.6 Å². The monoisotopic (exact) mass is 614 g/mol. The van der Waals surface area contributed by atoms with Gasteiger partial charge in [-0.3, -0.25) is 19.5 Å². The smallest absolute Gasteiger partial charge is 0.270 e. The number of aromatic nitrogens is 3. The van der Waals surface area contributed by atoms with Crippen LogP contribution < -0.4 is 10.1 Å². The maximum absolute atomic E-state index is 13.5. The SMILES string of the molecule is Cn1c(C(=O)N2CCN(Cc3ccccn3)CC2)cc2ccc(Oc3ccc(NC(=O)c4ccc(Cl)c(Cl)c4)cn3)cc21. The highest BCUT2D eigenvalue weighted by molar-refractivity contribution is 6.42. The zero-order valence-electron chi connectivity index (χ0n) is 23.3. The van der Waals surface area contributed by atoms with Gasteiger partial charge < -0.3 is 19.5 Å². The van der Waals surface area contributed by atoms with Crippen LogP contribution in [0.3, 0.4) is 0 Å². The third-order valence-corrected chi connectivity index (χ3v) is 8.14. The van der Waals surface area contributed by atoms with Crippen LogP contribution in [0.5, 0.6) is 11.6 Å². The predicted molar refractivity (Wildman–Crippen MR) is 167 cm³/mol. The summed E-state index contributed by atoms with van der Waals surface area (Å²) in [5.41, 5.74) is 3.42. The Hall–Kier alpha value is -4.44. The van der Waals surface area contributed by atoms with Crippen LogP contribution in [0.1, 0.15) is 26.5 Å². The second kappa shape index (κ2) is 12.4. The fourth-order valence-electron chi connectivity index (χ4n) is 5.05. The Morgan fingerprint density at radius 2 is 1.74 bits per heavy atom. The number of anilines is 1. The molecular weight excluding hydrogens is 587 g/mol. The molecule has 0 radical (unpaired) electrons. The summed E-state index contributed by atoms with van der Waals surface area (Å²) < 4.78 is 7.89. The lowest BCUT2D eigenvalue weighted by molar-refractivity contribution is 0.0618. The van der Waals surface area contributed by atoms with Gasteiger partial charge in [0, 0.05) is 69.1 Å². The van der Waals surface area contributed by atoms with Gasteiger partial charge in [-0.2, -0.15) is 0 Å². The highest BCUT2D eigenvalue weighted by Crippen LogP contribution is 2.28. The van der Waals surface area contributed by atoms with Crippen molar-refractivity contribution in [3.8, 4) is 11.6 Å². The lowest BCUT2D eigenvalue weighted by Crippen LogP contribution is -2.48. The topological polar surface area (TPSA) is 92.6 Å². The van der Waals surface area contributed by atoms with Crippen molar-refractivity contribution < 1.29 is 14.3 Å². The van der Waals surface area contributed by atoms with Crippen molar-refractivity contribution in [3.63, 3.8) is 0 Å². The molecular formula is C32H28Cl2N6O3. The number of ether oxygens (including phenoxy) is 1. The normalized spacial score (nSPS) is 13.7. The first-order valence-corrected chi connectivity index (χ1v) is 14.5. The standard InChI is InChI=1S/C32H28Cl2N6O3/c1-38-28-18-25(43-30-10-7-23(19-36-30)37-31(41)22-6-9-26(33)27(34)16-22)8-5-21(28)17-29(38)32(42)40-14-12-39(13-15-40)20-24-4-2-3-11-35-24/h2-11,16-19H,12-15,20H2,1H3,(H,37,41). The van der Waals surface area contributed by atoms with Crippen LogP contribution in [0.15, 0.2) is 85.2 Å². The van der Waals surface area contributed by atoms with E-state index in [4.69, 9.17) is 27.9 Å². The summed E-state index contributed by atoms with van der Waals surface area (Å²) in [6.45, 7) is 3.71. The average molecular weight is 616 g/mol. The molecule has 1 aliphatic heterocycles. The van der Waals surface area contributed by atoms with Crippen molar-refractivity contribution in [2.45, 2.75) is 6.54 Å². The van der Waals surface area contributed by atoms with Gasteiger partial charge in [-0.1, -0.05) is 29.3 Å². The van der Waals surface area contributed by atoms with E-state index in [1.165, 1.54) is 12.3 Å². The van der Waals surface area contributed by atoms with E-state index in [-0.39, 0.29) is 11.8 Å². The van der Waals surface area contributed by atoms with Gasteiger partial charge in [0.15, 0.2) is 0 Å². The molecule has 2 aromatic carbocycles. The molecule has 0 saturated carbocycles. The summed E-state index contributed by atoms with van der Waals surface area (Å²) in [5.74, 6) is 0.621. The van der Waals surface area contributed by atoms with E-state index >= 15 is 0 Å². The number of hydrogen-bond donors (Lipinski definition) is 1. The maximum atomic E-state index is 13.5. The van der Waals surface area contributed by atoms with E-state index < -0.39 is 0 Å². The molecule has 1 saturated heterocycles. The zero-order chi connectivity index (χ0) is 29.9. The van der Waals surface area contributed by atoms with E-state index in [9.17, 15) is 9.59 Å². The van der Waals surface area contributed by atoms with Crippen molar-refractivity contribution in [1.29, 1.82) is 0 Å². The molecule has 2 amide bonds. The zero-order valence-corrected chi connectivity index (χ0v) is 24.8. The molecule has 4 heterocycles. The van der Waals surface area contributed by atoms with Gasteiger partial charge in [0.25, 0.3) is 11.8 Å².